The second kappa shape index (κ2) is 17.8. The Bertz CT molecular complexity index is 2320. The number of H-pyrrole nitrogens is 2. The highest BCUT2D eigenvalue weighted by Gasteiger charge is 2.37. The molecule has 0 unspecified atom stereocenters. The van der Waals surface area contributed by atoms with Gasteiger partial charge in [0.05, 0.1) is 30.5 Å². The number of benzene rings is 4. The first-order chi connectivity index (χ1) is 26.4. The summed E-state index contributed by atoms with van der Waals surface area (Å²) >= 11 is 5.77. The molecule has 4 aromatic carbocycles. The van der Waals surface area contributed by atoms with Crippen molar-refractivity contribution in [3.63, 3.8) is 0 Å². The molecule has 26 heteroatoms. The predicted octanol–water partition coefficient (Wildman–Crippen LogP) is 10.7. The quantitative estimate of drug-likeness (QED) is 0.0626. The van der Waals surface area contributed by atoms with Gasteiger partial charge in [0.1, 0.15) is 17.5 Å². The van der Waals surface area contributed by atoms with Gasteiger partial charge in [0, 0.05) is 22.0 Å². The molecule has 2 heterocycles. The molecule has 6 aromatic rings. The maximum absolute atomic E-state index is 14.4. The van der Waals surface area contributed by atoms with Gasteiger partial charge in [-0.05, 0) is 80.4 Å². The van der Waals surface area contributed by atoms with Crippen molar-refractivity contribution in [2.75, 3.05) is 27.8 Å². The van der Waals surface area contributed by atoms with E-state index in [1.54, 1.807) is 30.3 Å². The van der Waals surface area contributed by atoms with E-state index in [4.69, 9.17) is 17.2 Å². The summed E-state index contributed by atoms with van der Waals surface area (Å²) in [6.45, 7) is 0. The molecule has 0 fully saturated rings. The zero-order chi connectivity index (χ0) is 42.5. The summed E-state index contributed by atoms with van der Waals surface area (Å²) in [5, 5.41) is 16.7. The minimum Gasteiger partial charge on any atom is -0.399 e. The molecule has 0 saturated heterocycles. The fraction of sp³-hybridized carbons (Fsp3) is 0.0968. The third-order valence-electron chi connectivity index (χ3n) is 6.52. The number of hydrogen-bond donors (Lipinski definition) is 7. The lowest BCUT2D eigenvalue weighted by molar-refractivity contribution is -0.140. The van der Waals surface area contributed by atoms with Gasteiger partial charge in [-0.25, -0.2) is 23.4 Å². The lowest BCUT2D eigenvalue weighted by Crippen LogP contribution is -2.09. The second-order valence-corrected chi connectivity index (χ2v) is 13.4. The lowest BCUT2D eigenvalue weighted by Gasteiger charge is -2.15. The molecule has 57 heavy (non-hydrogen) atoms. The van der Waals surface area contributed by atoms with E-state index in [9.17, 15) is 52.7 Å². The number of halogens is 14. The minimum absolute atomic E-state index is 0.0175. The summed E-state index contributed by atoms with van der Waals surface area (Å²) in [5.74, 6) is -3.24. The molecule has 11 nitrogen and oxygen atoms in total. The van der Waals surface area contributed by atoms with Crippen LogP contribution in [0.25, 0.3) is 0 Å². The van der Waals surface area contributed by atoms with Crippen LogP contribution in [0.1, 0.15) is 16.7 Å². The van der Waals surface area contributed by atoms with Crippen molar-refractivity contribution >= 4 is 84.5 Å². The number of alkyl halides is 9. The third-order valence-corrected chi connectivity index (χ3v) is 9.26. The molecule has 0 aliphatic rings. The van der Waals surface area contributed by atoms with Crippen molar-refractivity contribution in [3.05, 3.63) is 110 Å². The van der Waals surface area contributed by atoms with Crippen molar-refractivity contribution in [3.8, 4) is 0 Å². The van der Waals surface area contributed by atoms with Gasteiger partial charge >= 0.3 is 18.5 Å². The molecule has 0 aliphatic carbocycles. The van der Waals surface area contributed by atoms with Gasteiger partial charge in [0.15, 0.2) is 0 Å². The lowest BCUT2D eigenvalue weighted by atomic mass is 10.2. The maximum Gasteiger partial charge on any atom is 0.417 e. The Kier molecular flexibility index (Phi) is 13.9. The van der Waals surface area contributed by atoms with Crippen LogP contribution < -0.4 is 27.8 Å². The number of anilines is 7. The molecule has 0 atom stereocenters. The summed E-state index contributed by atoms with van der Waals surface area (Å²) in [6.07, 6.45) is -14.0. The van der Waals surface area contributed by atoms with Crippen LogP contribution in [0.5, 0.6) is 0 Å². The van der Waals surface area contributed by atoms with E-state index in [1.165, 1.54) is 0 Å². The van der Waals surface area contributed by atoms with Gasteiger partial charge < -0.3 is 27.8 Å². The summed E-state index contributed by atoms with van der Waals surface area (Å²) in [5.41, 5.74) is 11.8. The highest BCUT2D eigenvalue weighted by molar-refractivity contribution is 9.10. The standard InChI is InChI=1S/C15H11F4N5S.C9H6BrF4N5.C7H4BrF4N/c16-11-7-8(21-14-22-13(20)23-24-14)6-10(15(17,18)19)12(11)25-9-4-2-1-3-5-9;10-6-4(9(12,13)14)1-3(2-5(6)11)16-8-17-7(15)18-19-8;8-6-4(7(10,11)12)1-3(13)2-5(6)9/h1-7H,(H4,20,21,22,23,24);1-2H,(H4,15,16,17,18,19);1-2H,13H2. The molecule has 2 aromatic heterocycles. The molecule has 0 spiro atoms. The number of nitrogens with two attached hydrogens (primary N) is 3. The molecule has 6 rings (SSSR count). The smallest absolute Gasteiger partial charge is 0.399 e. The summed E-state index contributed by atoms with van der Waals surface area (Å²) in [4.78, 5) is 7.34. The highest BCUT2D eigenvalue weighted by atomic mass is 79.9. The number of nitrogens with zero attached hydrogens (tertiary/aromatic N) is 4. The number of aromatic nitrogens is 6. The molecule has 0 bridgehead atoms. The van der Waals surface area contributed by atoms with E-state index in [-0.39, 0.29) is 40.9 Å². The van der Waals surface area contributed by atoms with E-state index >= 15 is 0 Å². The normalized spacial score (nSPS) is 11.6. The van der Waals surface area contributed by atoms with Crippen molar-refractivity contribution in [2.24, 2.45) is 0 Å². The first kappa shape index (κ1) is 44.3. The number of rotatable bonds is 6. The number of aromatic amines is 2. The van der Waals surface area contributed by atoms with Gasteiger partial charge in [-0.3, -0.25) is 0 Å². The second-order valence-electron chi connectivity index (χ2n) is 10.8. The number of nitrogens with one attached hydrogen (secondary N) is 4. The van der Waals surface area contributed by atoms with E-state index in [0.717, 1.165) is 30.3 Å². The van der Waals surface area contributed by atoms with Crippen molar-refractivity contribution in [2.45, 2.75) is 28.3 Å². The van der Waals surface area contributed by atoms with Gasteiger partial charge in [-0.15, -0.1) is 10.2 Å². The zero-order valence-corrected chi connectivity index (χ0v) is 31.6. The summed E-state index contributed by atoms with van der Waals surface area (Å²) in [7, 11) is 0. The SMILES string of the molecule is Nc1cc(F)c(Br)c(C(F)(F)F)c1.Nc1nc(Nc2cc(F)c(Br)c(C(F)(F)F)c2)n[nH]1.Nc1nc(Nc2cc(F)c(Sc3ccccc3)c(C(F)(F)F)c2)n[nH]1. The minimum atomic E-state index is -4.73. The fourth-order valence-corrected chi connectivity index (χ4v) is 6.07. The molecule has 0 amide bonds. The van der Waals surface area contributed by atoms with Gasteiger partial charge in [-0.1, -0.05) is 30.0 Å². The van der Waals surface area contributed by atoms with E-state index in [2.05, 4.69) is 72.9 Å². The molecular weight excluding hydrogens is 946 g/mol. The van der Waals surface area contributed by atoms with Crippen LogP contribution in [0.3, 0.4) is 0 Å². The maximum atomic E-state index is 14.4. The molecule has 10 N–H and O–H groups in total. The van der Waals surface area contributed by atoms with Crippen LogP contribution in [0, 0.1) is 17.5 Å². The van der Waals surface area contributed by atoms with E-state index in [1.807, 2.05) is 0 Å². The summed E-state index contributed by atoms with van der Waals surface area (Å²) < 4.78 is 154. The van der Waals surface area contributed by atoms with Gasteiger partial charge in [0.25, 0.3) is 0 Å². The van der Waals surface area contributed by atoms with Crippen LogP contribution in [0.15, 0.2) is 85.5 Å². The van der Waals surface area contributed by atoms with Crippen LogP contribution >= 0.6 is 43.6 Å². The van der Waals surface area contributed by atoms with Crippen molar-refractivity contribution in [1.29, 1.82) is 0 Å². The first-order valence-electron chi connectivity index (χ1n) is 14.8. The van der Waals surface area contributed by atoms with Gasteiger partial charge in [0.2, 0.25) is 23.8 Å². The monoisotopic (exact) mass is 965 g/mol. The van der Waals surface area contributed by atoms with Crippen molar-refractivity contribution < 1.29 is 52.7 Å². The summed E-state index contributed by atoms with van der Waals surface area (Å²) in [6, 6.07) is 13.1. The molecule has 0 saturated carbocycles. The average Bonchev–Trinajstić information content (AvgIpc) is 3.71. The van der Waals surface area contributed by atoms with Crippen LogP contribution in [0.2, 0.25) is 0 Å². The predicted molar refractivity (Wildman–Crippen MR) is 193 cm³/mol. The van der Waals surface area contributed by atoms with Crippen molar-refractivity contribution in [1.82, 2.24) is 30.4 Å². The molecule has 304 valence electrons. The molecule has 0 radical (unpaired) electrons. The van der Waals surface area contributed by atoms with Crippen LogP contribution in [0.4, 0.5) is 93.5 Å². The Hall–Kier alpha value is -5.37. The van der Waals surface area contributed by atoms with E-state index in [0.29, 0.717) is 22.7 Å². The average molecular weight is 967 g/mol. The van der Waals surface area contributed by atoms with Crippen LogP contribution in [-0.4, -0.2) is 30.4 Å². The third kappa shape index (κ3) is 12.3. The first-order valence-corrected chi connectivity index (χ1v) is 17.2. The molecule has 0 aliphatic heterocycles. The Labute approximate surface area is 332 Å². The highest BCUT2D eigenvalue weighted by Crippen LogP contribution is 2.43. The Morgan fingerprint density at radius 1 is 0.561 bits per heavy atom. The fourth-order valence-electron chi connectivity index (χ4n) is 4.19. The van der Waals surface area contributed by atoms with Gasteiger partial charge in [-0.2, -0.15) is 49.5 Å². The molecular formula is C31H21Br2F12N11S. The largest absolute Gasteiger partial charge is 0.417 e. The topological polar surface area (TPSA) is 185 Å². The Balaban J connectivity index is 0.000000200. The zero-order valence-electron chi connectivity index (χ0n) is 27.6. The van der Waals surface area contributed by atoms with Crippen LogP contribution in [-0.2, 0) is 18.5 Å². The Morgan fingerprint density at radius 3 is 1.42 bits per heavy atom. The number of nitrogen functional groups attached to an aromatic ring is 3. The Morgan fingerprint density at radius 2 is 0.982 bits per heavy atom. The van der Waals surface area contributed by atoms with E-state index < -0.39 is 66.5 Å². The number of hydrogen-bond acceptors (Lipinski definition) is 10.